The van der Waals surface area contributed by atoms with Crippen LogP contribution in [0.4, 0.5) is 0 Å². The second-order valence-electron chi connectivity index (χ2n) is 6.62. The fraction of sp³-hybridized carbons (Fsp3) is 0.556. The molecule has 1 saturated carbocycles. The molecule has 126 valence electrons. The molecule has 1 fully saturated rings. The summed E-state index contributed by atoms with van der Waals surface area (Å²) in [7, 11) is 3.47. The molecule has 0 aliphatic heterocycles. The maximum absolute atomic E-state index is 12.3. The van der Waals surface area contributed by atoms with Crippen LogP contribution in [-0.4, -0.2) is 42.9 Å². The molecule has 0 atom stereocenters. The van der Waals surface area contributed by atoms with Crippen LogP contribution in [0.1, 0.15) is 48.0 Å². The molecular weight excluding hydrogens is 290 g/mol. The highest BCUT2D eigenvalue weighted by Crippen LogP contribution is 2.25. The topological polar surface area (TPSA) is 75.4 Å². The third kappa shape index (κ3) is 4.55. The second-order valence-corrected chi connectivity index (χ2v) is 6.62. The Morgan fingerprint density at radius 1 is 1.22 bits per heavy atom. The van der Waals surface area contributed by atoms with Crippen molar-refractivity contribution in [2.75, 3.05) is 20.6 Å². The van der Waals surface area contributed by atoms with E-state index in [9.17, 15) is 9.59 Å². The van der Waals surface area contributed by atoms with Crippen LogP contribution in [0.5, 0.6) is 0 Å². The quantitative estimate of drug-likeness (QED) is 0.868. The highest BCUT2D eigenvalue weighted by Gasteiger charge is 2.34. The molecule has 0 radical (unpaired) electrons. The van der Waals surface area contributed by atoms with Crippen molar-refractivity contribution >= 4 is 11.8 Å². The number of nitrogens with one attached hydrogen (secondary N) is 1. The van der Waals surface area contributed by atoms with E-state index in [4.69, 9.17) is 5.73 Å². The molecule has 23 heavy (non-hydrogen) atoms. The monoisotopic (exact) mass is 317 g/mol. The van der Waals surface area contributed by atoms with Gasteiger partial charge in [-0.05, 0) is 37.0 Å². The number of benzene rings is 1. The molecule has 0 spiro atoms. The van der Waals surface area contributed by atoms with Crippen LogP contribution in [0.15, 0.2) is 24.3 Å². The molecule has 2 amide bonds. The Hall–Kier alpha value is -1.88. The molecule has 5 heteroatoms. The number of nitrogens with two attached hydrogens (primary N) is 1. The maximum atomic E-state index is 12.3. The summed E-state index contributed by atoms with van der Waals surface area (Å²) in [6, 6.07) is 7.53. The normalized spacial score (nSPS) is 16.7. The van der Waals surface area contributed by atoms with Gasteiger partial charge in [-0.2, -0.15) is 0 Å². The largest absolute Gasteiger partial charge is 0.354 e. The van der Waals surface area contributed by atoms with Crippen molar-refractivity contribution < 1.29 is 9.59 Å². The van der Waals surface area contributed by atoms with E-state index in [0.29, 0.717) is 18.5 Å². The first-order chi connectivity index (χ1) is 10.9. The number of carbonyl (C=O) groups excluding carboxylic acids is 2. The van der Waals surface area contributed by atoms with Gasteiger partial charge in [0, 0.05) is 26.2 Å². The molecule has 3 N–H and O–H groups in total. The summed E-state index contributed by atoms with van der Waals surface area (Å²) in [5.74, 6) is -0.0586. The molecule has 1 aromatic carbocycles. The molecule has 0 unspecified atom stereocenters. The highest BCUT2D eigenvalue weighted by atomic mass is 16.2. The van der Waals surface area contributed by atoms with Gasteiger partial charge in [0.05, 0.1) is 5.54 Å². The summed E-state index contributed by atoms with van der Waals surface area (Å²) in [4.78, 5) is 25.8. The Balaban J connectivity index is 1.87. The summed E-state index contributed by atoms with van der Waals surface area (Å²) in [6.45, 7) is 0.539. The summed E-state index contributed by atoms with van der Waals surface area (Å²) in [5.41, 5.74) is 7.23. The lowest BCUT2D eigenvalue weighted by molar-refractivity contribution is -0.127. The second kappa shape index (κ2) is 7.59. The van der Waals surface area contributed by atoms with Gasteiger partial charge in [0.2, 0.25) is 5.91 Å². The van der Waals surface area contributed by atoms with Crippen molar-refractivity contribution in [3.05, 3.63) is 35.4 Å². The van der Waals surface area contributed by atoms with E-state index in [1.807, 2.05) is 18.2 Å². The molecule has 0 heterocycles. The van der Waals surface area contributed by atoms with Crippen molar-refractivity contribution in [1.82, 2.24) is 10.2 Å². The number of nitrogens with zero attached hydrogens (tertiary/aromatic N) is 1. The predicted molar refractivity (Wildman–Crippen MR) is 91.2 cm³/mol. The van der Waals surface area contributed by atoms with E-state index in [0.717, 1.165) is 31.2 Å². The molecule has 1 aliphatic rings. The summed E-state index contributed by atoms with van der Waals surface area (Å²) in [6.07, 6.45) is 5.45. The number of hydrogen-bond acceptors (Lipinski definition) is 3. The van der Waals surface area contributed by atoms with Crippen molar-refractivity contribution in [3.63, 3.8) is 0 Å². The van der Waals surface area contributed by atoms with Gasteiger partial charge in [-0.15, -0.1) is 0 Å². The van der Waals surface area contributed by atoms with Gasteiger partial charge < -0.3 is 16.0 Å². The summed E-state index contributed by atoms with van der Waals surface area (Å²) in [5, 5.41) is 2.95. The molecule has 1 aromatic rings. The fourth-order valence-electron chi connectivity index (χ4n) is 3.02. The average Bonchev–Trinajstić information content (AvgIpc) is 2.55. The lowest BCUT2D eigenvalue weighted by atomic mass is 9.82. The van der Waals surface area contributed by atoms with Gasteiger partial charge in [-0.25, -0.2) is 0 Å². The molecule has 5 nitrogen and oxygen atoms in total. The zero-order valence-corrected chi connectivity index (χ0v) is 14.1. The minimum Gasteiger partial charge on any atom is -0.354 e. The standard InChI is InChI=1S/C18H27N3O2/c1-21(2)16(22)15-8-6-7-14(13-15)9-12-20-17(23)18(19)10-4-3-5-11-18/h6-8,13H,3-5,9-12,19H2,1-2H3,(H,20,23). The van der Waals surface area contributed by atoms with E-state index in [2.05, 4.69) is 5.32 Å². The van der Waals surface area contributed by atoms with E-state index in [-0.39, 0.29) is 11.8 Å². The number of amides is 2. The van der Waals surface area contributed by atoms with Gasteiger partial charge in [-0.1, -0.05) is 31.4 Å². The van der Waals surface area contributed by atoms with Gasteiger partial charge in [0.1, 0.15) is 0 Å². The van der Waals surface area contributed by atoms with E-state index in [1.165, 1.54) is 6.42 Å². The van der Waals surface area contributed by atoms with E-state index < -0.39 is 5.54 Å². The smallest absolute Gasteiger partial charge is 0.253 e. The molecule has 0 aromatic heterocycles. The van der Waals surface area contributed by atoms with Crippen molar-refractivity contribution in [2.24, 2.45) is 5.73 Å². The van der Waals surface area contributed by atoms with Crippen molar-refractivity contribution in [3.8, 4) is 0 Å². The summed E-state index contributed by atoms with van der Waals surface area (Å²) >= 11 is 0. The van der Waals surface area contributed by atoms with Gasteiger partial charge in [0.15, 0.2) is 0 Å². The van der Waals surface area contributed by atoms with Gasteiger partial charge in [-0.3, -0.25) is 9.59 Å². The Morgan fingerprint density at radius 2 is 1.91 bits per heavy atom. The minimum absolute atomic E-state index is 0.0148. The van der Waals surface area contributed by atoms with Crippen LogP contribution in [0, 0.1) is 0 Å². The van der Waals surface area contributed by atoms with Crippen molar-refractivity contribution in [1.29, 1.82) is 0 Å². The molecule has 2 rings (SSSR count). The first-order valence-corrected chi connectivity index (χ1v) is 8.30. The first-order valence-electron chi connectivity index (χ1n) is 8.30. The van der Waals surface area contributed by atoms with Gasteiger partial charge >= 0.3 is 0 Å². The number of carbonyl (C=O) groups is 2. The van der Waals surface area contributed by atoms with Crippen LogP contribution in [0.3, 0.4) is 0 Å². The maximum Gasteiger partial charge on any atom is 0.253 e. The predicted octanol–water partition coefficient (Wildman–Crippen LogP) is 1.71. The van der Waals surface area contributed by atoms with Gasteiger partial charge in [0.25, 0.3) is 5.91 Å². The zero-order chi connectivity index (χ0) is 16.9. The van der Waals surface area contributed by atoms with Crippen LogP contribution >= 0.6 is 0 Å². The molecule has 0 saturated heterocycles. The lowest BCUT2D eigenvalue weighted by Crippen LogP contribution is -2.55. The minimum atomic E-state index is -0.693. The number of rotatable bonds is 5. The van der Waals surface area contributed by atoms with Crippen LogP contribution < -0.4 is 11.1 Å². The summed E-state index contributed by atoms with van der Waals surface area (Å²) < 4.78 is 0. The fourth-order valence-corrected chi connectivity index (χ4v) is 3.02. The lowest BCUT2D eigenvalue weighted by Gasteiger charge is -2.31. The van der Waals surface area contributed by atoms with E-state index >= 15 is 0 Å². The van der Waals surface area contributed by atoms with Crippen LogP contribution in [0.25, 0.3) is 0 Å². The molecule has 1 aliphatic carbocycles. The van der Waals surface area contributed by atoms with Crippen molar-refractivity contribution in [2.45, 2.75) is 44.1 Å². The highest BCUT2D eigenvalue weighted by molar-refractivity contribution is 5.94. The molecular formula is C18H27N3O2. The SMILES string of the molecule is CN(C)C(=O)c1cccc(CCNC(=O)C2(N)CCCCC2)c1. The van der Waals surface area contributed by atoms with Crippen LogP contribution in [0.2, 0.25) is 0 Å². The third-order valence-electron chi connectivity index (χ3n) is 4.48. The van der Waals surface area contributed by atoms with E-state index in [1.54, 1.807) is 25.1 Å². The zero-order valence-electron chi connectivity index (χ0n) is 14.1. The third-order valence-corrected chi connectivity index (χ3v) is 4.48. The molecule has 0 bridgehead atoms. The Kier molecular flexibility index (Phi) is 5.77. The Bertz CT molecular complexity index is 563. The average molecular weight is 317 g/mol. The Labute approximate surface area is 138 Å². The van der Waals surface area contributed by atoms with Crippen LogP contribution in [-0.2, 0) is 11.2 Å². The number of hydrogen-bond donors (Lipinski definition) is 2. The Morgan fingerprint density at radius 3 is 2.57 bits per heavy atom. The first kappa shape index (κ1) is 17.5.